The monoisotopic (exact) mass is 375 g/mol. The van der Waals surface area contributed by atoms with Crippen LogP contribution in [0.1, 0.15) is 35.6 Å². The van der Waals surface area contributed by atoms with Crippen molar-refractivity contribution in [3.8, 4) is 5.69 Å². The van der Waals surface area contributed by atoms with Gasteiger partial charge in [-0.1, -0.05) is 46.7 Å². The van der Waals surface area contributed by atoms with Gasteiger partial charge in [0.25, 0.3) is 0 Å². The van der Waals surface area contributed by atoms with E-state index < -0.39 is 0 Å². The van der Waals surface area contributed by atoms with Crippen LogP contribution in [0.25, 0.3) is 16.5 Å². The first-order valence-electron chi connectivity index (χ1n) is 9.14. The summed E-state index contributed by atoms with van der Waals surface area (Å²) in [7, 11) is 0. The minimum Gasteiger partial charge on any atom is -0.349 e. The minimum absolute atomic E-state index is 0.135. The standard InChI is InChI=1S/C21H21N5O2/c1-13(23-21(27)11-19-14(2)24-28-25-19)18-12-22-26(15(18)3)20-10-6-8-16-7-4-5-9-17(16)20/h4-10,12-13H,11H2,1-3H3,(H,23,27). The molecule has 1 unspecified atom stereocenters. The minimum atomic E-state index is -0.184. The average Bonchev–Trinajstić information content (AvgIpc) is 3.27. The van der Waals surface area contributed by atoms with Crippen LogP contribution in [0, 0.1) is 13.8 Å². The molecule has 1 N–H and O–H groups in total. The van der Waals surface area contributed by atoms with Gasteiger partial charge in [-0.25, -0.2) is 9.31 Å². The highest BCUT2D eigenvalue weighted by atomic mass is 16.6. The molecule has 1 atom stereocenters. The van der Waals surface area contributed by atoms with Crippen LogP contribution in [0.2, 0.25) is 0 Å². The Hall–Kier alpha value is -3.48. The van der Waals surface area contributed by atoms with Gasteiger partial charge in [-0.3, -0.25) is 4.79 Å². The highest BCUT2D eigenvalue weighted by Crippen LogP contribution is 2.25. The molecule has 0 aliphatic heterocycles. The molecule has 0 aliphatic rings. The SMILES string of the molecule is Cc1nonc1CC(=O)NC(C)c1cnn(-c2cccc3ccccc23)c1C. The number of aryl methyl sites for hydroxylation is 1. The smallest absolute Gasteiger partial charge is 0.226 e. The van der Waals surface area contributed by atoms with Crippen molar-refractivity contribution < 1.29 is 9.42 Å². The van der Waals surface area contributed by atoms with E-state index in [0.717, 1.165) is 27.7 Å². The zero-order valence-electron chi connectivity index (χ0n) is 16.0. The summed E-state index contributed by atoms with van der Waals surface area (Å²) >= 11 is 0. The van der Waals surface area contributed by atoms with Crippen molar-refractivity contribution in [3.63, 3.8) is 0 Å². The summed E-state index contributed by atoms with van der Waals surface area (Å²) in [6.07, 6.45) is 1.95. The van der Waals surface area contributed by atoms with E-state index in [-0.39, 0.29) is 18.4 Å². The van der Waals surface area contributed by atoms with Crippen LogP contribution in [0.15, 0.2) is 53.3 Å². The lowest BCUT2D eigenvalue weighted by molar-refractivity contribution is -0.121. The summed E-state index contributed by atoms with van der Waals surface area (Å²) in [5.41, 5.74) is 4.15. The third-order valence-electron chi connectivity index (χ3n) is 4.96. The number of carbonyl (C=O) groups is 1. The van der Waals surface area contributed by atoms with Crippen molar-refractivity contribution in [2.45, 2.75) is 33.2 Å². The molecule has 0 fully saturated rings. The van der Waals surface area contributed by atoms with Gasteiger partial charge < -0.3 is 5.32 Å². The Morgan fingerprint density at radius 3 is 2.71 bits per heavy atom. The molecule has 4 aromatic rings. The van der Waals surface area contributed by atoms with Crippen molar-refractivity contribution in [2.75, 3.05) is 0 Å². The number of nitrogens with zero attached hydrogens (tertiary/aromatic N) is 4. The molecule has 2 aromatic heterocycles. The fraction of sp³-hybridized carbons (Fsp3) is 0.238. The maximum absolute atomic E-state index is 12.4. The number of rotatable bonds is 5. The largest absolute Gasteiger partial charge is 0.349 e. The van der Waals surface area contributed by atoms with Gasteiger partial charge in [-0.2, -0.15) is 5.10 Å². The molecular weight excluding hydrogens is 354 g/mol. The molecule has 0 radical (unpaired) electrons. The van der Waals surface area contributed by atoms with E-state index in [2.05, 4.69) is 49.6 Å². The summed E-state index contributed by atoms with van der Waals surface area (Å²) in [5, 5.41) is 17.3. The average molecular weight is 375 g/mol. The topological polar surface area (TPSA) is 85.8 Å². The number of nitrogens with one attached hydrogen (secondary N) is 1. The summed E-state index contributed by atoms with van der Waals surface area (Å²) in [6, 6.07) is 14.2. The van der Waals surface area contributed by atoms with Gasteiger partial charge in [-0.05, 0) is 32.2 Å². The second kappa shape index (κ2) is 7.26. The third-order valence-corrected chi connectivity index (χ3v) is 4.96. The van der Waals surface area contributed by atoms with Gasteiger partial charge in [0.05, 0.1) is 24.3 Å². The third kappa shape index (κ3) is 3.26. The number of hydrogen-bond acceptors (Lipinski definition) is 5. The molecule has 142 valence electrons. The quantitative estimate of drug-likeness (QED) is 0.577. The second-order valence-electron chi connectivity index (χ2n) is 6.86. The molecule has 0 saturated carbocycles. The first-order chi connectivity index (χ1) is 13.5. The summed E-state index contributed by atoms with van der Waals surface area (Å²) in [4.78, 5) is 12.4. The van der Waals surface area contributed by atoms with Crippen molar-refractivity contribution in [1.29, 1.82) is 0 Å². The number of hydrogen-bond donors (Lipinski definition) is 1. The number of fused-ring (bicyclic) bond motifs is 1. The van der Waals surface area contributed by atoms with Crippen LogP contribution < -0.4 is 5.32 Å². The Morgan fingerprint density at radius 1 is 1.14 bits per heavy atom. The summed E-state index contributed by atoms with van der Waals surface area (Å²) in [5.74, 6) is -0.136. The van der Waals surface area contributed by atoms with Crippen molar-refractivity contribution >= 4 is 16.7 Å². The molecule has 0 aliphatic carbocycles. The fourth-order valence-corrected chi connectivity index (χ4v) is 3.42. The zero-order valence-corrected chi connectivity index (χ0v) is 16.0. The predicted molar refractivity (Wildman–Crippen MR) is 105 cm³/mol. The molecule has 0 spiro atoms. The molecule has 4 rings (SSSR count). The lowest BCUT2D eigenvalue weighted by atomic mass is 10.1. The Bertz CT molecular complexity index is 1140. The van der Waals surface area contributed by atoms with Gasteiger partial charge >= 0.3 is 0 Å². The molecule has 1 amide bonds. The van der Waals surface area contributed by atoms with Crippen LogP contribution >= 0.6 is 0 Å². The van der Waals surface area contributed by atoms with E-state index in [1.807, 2.05) is 42.9 Å². The van der Waals surface area contributed by atoms with Crippen LogP contribution in [-0.4, -0.2) is 26.0 Å². The van der Waals surface area contributed by atoms with Crippen LogP contribution in [0.5, 0.6) is 0 Å². The summed E-state index contributed by atoms with van der Waals surface area (Å²) in [6.45, 7) is 5.72. The lowest BCUT2D eigenvalue weighted by Gasteiger charge is -2.14. The first-order valence-corrected chi connectivity index (χ1v) is 9.14. The Kier molecular flexibility index (Phi) is 4.65. The molecule has 0 saturated heterocycles. The van der Waals surface area contributed by atoms with E-state index in [0.29, 0.717) is 11.4 Å². The predicted octanol–water partition coefficient (Wildman–Crippen LogP) is 3.45. The highest BCUT2D eigenvalue weighted by molar-refractivity contribution is 5.90. The maximum Gasteiger partial charge on any atom is 0.226 e. The Morgan fingerprint density at radius 2 is 1.93 bits per heavy atom. The molecule has 2 heterocycles. The van der Waals surface area contributed by atoms with E-state index in [1.165, 1.54) is 0 Å². The highest BCUT2D eigenvalue weighted by Gasteiger charge is 2.18. The molecule has 7 heteroatoms. The number of benzene rings is 2. The molecule has 28 heavy (non-hydrogen) atoms. The van der Waals surface area contributed by atoms with Crippen LogP contribution in [-0.2, 0) is 11.2 Å². The molecular formula is C21H21N5O2. The summed E-state index contributed by atoms with van der Waals surface area (Å²) < 4.78 is 6.57. The molecule has 2 aromatic carbocycles. The van der Waals surface area contributed by atoms with Crippen molar-refractivity contribution in [3.05, 3.63) is 71.3 Å². The van der Waals surface area contributed by atoms with Gasteiger partial charge in [0.15, 0.2) is 0 Å². The van der Waals surface area contributed by atoms with Crippen molar-refractivity contribution in [1.82, 2.24) is 25.4 Å². The zero-order chi connectivity index (χ0) is 19.7. The van der Waals surface area contributed by atoms with E-state index in [4.69, 9.17) is 0 Å². The normalized spacial score (nSPS) is 12.2. The van der Waals surface area contributed by atoms with Crippen LogP contribution in [0.4, 0.5) is 0 Å². The maximum atomic E-state index is 12.4. The van der Waals surface area contributed by atoms with Gasteiger partial charge in [0.1, 0.15) is 11.4 Å². The second-order valence-corrected chi connectivity index (χ2v) is 6.86. The van der Waals surface area contributed by atoms with E-state index in [1.54, 1.807) is 6.92 Å². The molecule has 7 nitrogen and oxygen atoms in total. The fourth-order valence-electron chi connectivity index (χ4n) is 3.42. The van der Waals surface area contributed by atoms with E-state index in [9.17, 15) is 4.79 Å². The van der Waals surface area contributed by atoms with Crippen LogP contribution in [0.3, 0.4) is 0 Å². The van der Waals surface area contributed by atoms with E-state index >= 15 is 0 Å². The first kappa shape index (κ1) is 17.9. The Labute approximate surface area is 162 Å². The van der Waals surface area contributed by atoms with Gasteiger partial charge in [0.2, 0.25) is 5.91 Å². The van der Waals surface area contributed by atoms with Crippen molar-refractivity contribution in [2.24, 2.45) is 0 Å². The van der Waals surface area contributed by atoms with Gasteiger partial charge in [0, 0.05) is 16.6 Å². The number of carbonyl (C=O) groups excluding carboxylic acids is 1. The molecule has 0 bridgehead atoms. The number of amides is 1. The Balaban J connectivity index is 1.58. The van der Waals surface area contributed by atoms with Gasteiger partial charge in [-0.15, -0.1) is 0 Å². The number of aromatic nitrogens is 4. The lowest BCUT2D eigenvalue weighted by Crippen LogP contribution is -2.28.